The Morgan fingerprint density at radius 2 is 1.96 bits per heavy atom. The molecule has 0 unspecified atom stereocenters. The van der Waals surface area contributed by atoms with Crippen LogP contribution in [-0.2, 0) is 6.54 Å². The Morgan fingerprint density at radius 1 is 1.18 bits per heavy atom. The molecule has 28 heavy (non-hydrogen) atoms. The van der Waals surface area contributed by atoms with Crippen LogP contribution in [0.3, 0.4) is 0 Å². The summed E-state index contributed by atoms with van der Waals surface area (Å²) < 4.78 is 1.61. The summed E-state index contributed by atoms with van der Waals surface area (Å²) in [7, 11) is 0. The number of rotatable bonds is 5. The molecule has 7 nitrogen and oxygen atoms in total. The van der Waals surface area contributed by atoms with Crippen LogP contribution in [0.15, 0.2) is 60.9 Å². The van der Waals surface area contributed by atoms with E-state index in [-0.39, 0.29) is 11.9 Å². The molecule has 8 heteroatoms. The molecule has 2 aromatic heterocycles. The molecule has 0 radical (unpaired) electrons. The first kappa shape index (κ1) is 17.9. The molecule has 140 valence electrons. The highest BCUT2D eigenvalue weighted by Crippen LogP contribution is 2.19. The van der Waals surface area contributed by atoms with E-state index in [4.69, 9.17) is 11.6 Å². The molecule has 2 heterocycles. The Balaban J connectivity index is 1.44. The summed E-state index contributed by atoms with van der Waals surface area (Å²) in [5, 5.41) is 14.5. The third-order valence-corrected chi connectivity index (χ3v) is 4.59. The lowest BCUT2D eigenvalue weighted by Crippen LogP contribution is -2.14. The number of halogens is 1. The van der Waals surface area contributed by atoms with Crippen molar-refractivity contribution in [3.05, 3.63) is 82.8 Å². The van der Waals surface area contributed by atoms with Crippen molar-refractivity contribution >= 4 is 23.5 Å². The molecule has 0 aliphatic heterocycles. The molecule has 0 atom stereocenters. The van der Waals surface area contributed by atoms with Crippen molar-refractivity contribution in [3.63, 3.8) is 0 Å². The lowest BCUT2D eigenvalue weighted by Gasteiger charge is -2.03. The summed E-state index contributed by atoms with van der Waals surface area (Å²) in [6.07, 6.45) is 1.55. The molecular weight excluding hydrogens is 376 g/mol. The van der Waals surface area contributed by atoms with Crippen LogP contribution in [-0.4, -0.2) is 30.9 Å². The predicted molar refractivity (Wildman–Crippen MR) is 107 cm³/mol. The SMILES string of the molecule is Cc1ccc(-c2cc(C(=O)Nc3ncn(Cc4ccccc4Cl)n3)[nH]n2)cc1. The Morgan fingerprint density at radius 3 is 2.75 bits per heavy atom. The van der Waals surface area contributed by atoms with Crippen molar-refractivity contribution in [2.24, 2.45) is 0 Å². The molecule has 1 amide bonds. The number of aromatic amines is 1. The number of aromatic nitrogens is 5. The maximum atomic E-state index is 12.4. The summed E-state index contributed by atoms with van der Waals surface area (Å²) in [5.41, 5.74) is 4.04. The molecule has 0 bridgehead atoms. The van der Waals surface area contributed by atoms with Crippen molar-refractivity contribution in [1.82, 2.24) is 25.0 Å². The molecule has 4 aromatic rings. The van der Waals surface area contributed by atoms with Crippen molar-refractivity contribution in [2.75, 3.05) is 5.32 Å². The highest BCUT2D eigenvalue weighted by atomic mass is 35.5. The van der Waals surface area contributed by atoms with E-state index in [1.54, 1.807) is 17.1 Å². The number of nitrogens with one attached hydrogen (secondary N) is 2. The second-order valence-electron chi connectivity index (χ2n) is 6.34. The second-order valence-corrected chi connectivity index (χ2v) is 6.75. The van der Waals surface area contributed by atoms with Gasteiger partial charge in [0.1, 0.15) is 12.0 Å². The van der Waals surface area contributed by atoms with Crippen molar-refractivity contribution in [2.45, 2.75) is 13.5 Å². The fourth-order valence-corrected chi connectivity index (χ4v) is 2.90. The largest absolute Gasteiger partial charge is 0.288 e. The minimum absolute atomic E-state index is 0.212. The van der Waals surface area contributed by atoms with E-state index in [0.717, 1.165) is 16.7 Å². The molecule has 0 aliphatic rings. The quantitative estimate of drug-likeness (QED) is 0.538. The van der Waals surface area contributed by atoms with Crippen molar-refractivity contribution in [1.29, 1.82) is 0 Å². The number of amides is 1. The number of anilines is 1. The third kappa shape index (κ3) is 3.94. The number of nitrogens with zero attached hydrogens (tertiary/aromatic N) is 4. The Bertz CT molecular complexity index is 1120. The van der Waals surface area contributed by atoms with Gasteiger partial charge in [0, 0.05) is 10.6 Å². The fraction of sp³-hybridized carbons (Fsp3) is 0.100. The lowest BCUT2D eigenvalue weighted by atomic mass is 10.1. The van der Waals surface area contributed by atoms with Crippen LogP contribution in [0.1, 0.15) is 21.6 Å². The van der Waals surface area contributed by atoms with Gasteiger partial charge in [-0.3, -0.25) is 15.2 Å². The van der Waals surface area contributed by atoms with Gasteiger partial charge in [-0.15, -0.1) is 5.10 Å². The molecule has 0 spiro atoms. The van der Waals surface area contributed by atoms with Gasteiger partial charge in [0.25, 0.3) is 5.91 Å². The summed E-state index contributed by atoms with van der Waals surface area (Å²) in [4.78, 5) is 16.6. The van der Waals surface area contributed by atoms with Crippen LogP contribution in [0.5, 0.6) is 0 Å². The zero-order chi connectivity index (χ0) is 19.5. The summed E-state index contributed by atoms with van der Waals surface area (Å²) >= 11 is 6.16. The average Bonchev–Trinajstić information content (AvgIpc) is 3.34. The van der Waals surface area contributed by atoms with Crippen LogP contribution < -0.4 is 5.32 Å². The highest BCUT2D eigenvalue weighted by molar-refractivity contribution is 6.31. The molecule has 0 saturated carbocycles. The number of hydrogen-bond donors (Lipinski definition) is 2. The van der Waals surface area contributed by atoms with Crippen LogP contribution in [0.2, 0.25) is 5.02 Å². The fourth-order valence-electron chi connectivity index (χ4n) is 2.71. The van der Waals surface area contributed by atoms with Gasteiger partial charge in [-0.25, -0.2) is 9.67 Å². The van der Waals surface area contributed by atoms with E-state index in [0.29, 0.717) is 23.0 Å². The first-order valence-corrected chi connectivity index (χ1v) is 9.03. The molecule has 4 rings (SSSR count). The van der Waals surface area contributed by atoms with Crippen LogP contribution >= 0.6 is 11.6 Å². The van der Waals surface area contributed by atoms with Gasteiger partial charge in [0.05, 0.1) is 12.2 Å². The van der Waals surface area contributed by atoms with E-state index in [1.807, 2.05) is 55.5 Å². The number of benzene rings is 2. The molecule has 0 aliphatic carbocycles. The zero-order valence-electron chi connectivity index (χ0n) is 15.1. The van der Waals surface area contributed by atoms with Gasteiger partial charge >= 0.3 is 0 Å². The highest BCUT2D eigenvalue weighted by Gasteiger charge is 2.13. The number of H-pyrrole nitrogens is 1. The van der Waals surface area contributed by atoms with E-state index < -0.39 is 0 Å². The van der Waals surface area contributed by atoms with E-state index in [1.165, 1.54) is 0 Å². The Labute approximate surface area is 166 Å². The second kappa shape index (κ2) is 7.66. The standard InChI is InChI=1S/C20H17ClN6O/c1-13-6-8-14(9-7-13)17-10-18(25-24-17)19(28)23-20-22-12-27(26-20)11-15-4-2-3-5-16(15)21/h2-10,12H,11H2,1H3,(H,24,25)(H,23,26,28). The molecular formula is C20H17ClN6O. The Hall–Kier alpha value is -3.45. The number of aryl methyl sites for hydroxylation is 1. The summed E-state index contributed by atoms with van der Waals surface area (Å²) in [6.45, 7) is 2.48. The van der Waals surface area contributed by atoms with Gasteiger partial charge < -0.3 is 0 Å². The summed E-state index contributed by atoms with van der Waals surface area (Å²) in [6, 6.07) is 17.1. The van der Waals surface area contributed by atoms with E-state index in [9.17, 15) is 4.79 Å². The first-order chi connectivity index (χ1) is 13.6. The van der Waals surface area contributed by atoms with Gasteiger partial charge in [-0.2, -0.15) is 5.10 Å². The van der Waals surface area contributed by atoms with Crippen molar-refractivity contribution in [3.8, 4) is 11.3 Å². The number of carbonyl (C=O) groups excluding carboxylic acids is 1. The minimum Gasteiger partial charge on any atom is -0.288 e. The normalized spacial score (nSPS) is 10.8. The molecule has 2 aromatic carbocycles. The third-order valence-electron chi connectivity index (χ3n) is 4.22. The average molecular weight is 393 g/mol. The van der Waals surface area contributed by atoms with E-state index in [2.05, 4.69) is 25.6 Å². The molecule has 2 N–H and O–H groups in total. The van der Waals surface area contributed by atoms with Crippen molar-refractivity contribution < 1.29 is 4.79 Å². The molecule has 0 saturated heterocycles. The topological polar surface area (TPSA) is 88.5 Å². The lowest BCUT2D eigenvalue weighted by molar-refractivity contribution is 0.102. The van der Waals surface area contributed by atoms with Gasteiger partial charge in [-0.05, 0) is 24.6 Å². The minimum atomic E-state index is -0.360. The van der Waals surface area contributed by atoms with Gasteiger partial charge in [0.2, 0.25) is 5.95 Å². The van der Waals surface area contributed by atoms with Crippen LogP contribution in [0, 0.1) is 6.92 Å². The zero-order valence-corrected chi connectivity index (χ0v) is 15.8. The first-order valence-electron chi connectivity index (χ1n) is 8.65. The predicted octanol–water partition coefficient (Wildman–Crippen LogP) is 3.93. The number of carbonyl (C=O) groups is 1. The number of hydrogen-bond acceptors (Lipinski definition) is 4. The Kier molecular flexibility index (Phi) is 4.90. The molecule has 0 fully saturated rings. The maximum absolute atomic E-state index is 12.4. The van der Waals surface area contributed by atoms with E-state index >= 15 is 0 Å². The van der Waals surface area contributed by atoms with Crippen LogP contribution in [0.25, 0.3) is 11.3 Å². The monoisotopic (exact) mass is 392 g/mol. The maximum Gasteiger partial charge on any atom is 0.276 e. The summed E-state index contributed by atoms with van der Waals surface area (Å²) in [5.74, 6) is -0.148. The van der Waals surface area contributed by atoms with Gasteiger partial charge in [-0.1, -0.05) is 59.6 Å². The smallest absolute Gasteiger partial charge is 0.276 e. The van der Waals surface area contributed by atoms with Gasteiger partial charge in [0.15, 0.2) is 0 Å². The van der Waals surface area contributed by atoms with Crippen LogP contribution in [0.4, 0.5) is 5.95 Å².